The largest absolute Gasteiger partial charge is 0.508 e. The van der Waals surface area contributed by atoms with Gasteiger partial charge in [0, 0.05) is 12.2 Å². The van der Waals surface area contributed by atoms with Gasteiger partial charge in [0.15, 0.2) is 0 Å². The van der Waals surface area contributed by atoms with Crippen LogP contribution in [0, 0.1) is 0 Å². The van der Waals surface area contributed by atoms with Crippen molar-refractivity contribution in [3.05, 3.63) is 48.4 Å². The second-order valence-corrected chi connectivity index (χ2v) is 6.60. The fourth-order valence-electron chi connectivity index (χ4n) is 2.65. The smallest absolute Gasteiger partial charge is 0.115 e. The molecule has 0 bridgehead atoms. The fourth-order valence-corrected chi connectivity index (χ4v) is 2.65. The molecular weight excluding hydrogens is 324 g/mol. The van der Waals surface area contributed by atoms with Crippen LogP contribution in [0.25, 0.3) is 17.3 Å². The highest BCUT2D eigenvalue weighted by molar-refractivity contribution is 5.59. The van der Waals surface area contributed by atoms with E-state index in [4.69, 9.17) is 4.74 Å². The average Bonchev–Trinajstić information content (AvgIpc) is 2.66. The number of unbranched alkanes of at least 4 members (excludes halogenated alkanes) is 3. The van der Waals surface area contributed by atoms with Gasteiger partial charge in [-0.05, 0) is 62.9 Å². The Morgan fingerprint density at radius 3 is 2.58 bits per heavy atom. The first-order chi connectivity index (χ1) is 12.7. The summed E-state index contributed by atoms with van der Waals surface area (Å²) in [4.78, 5) is 8.87. The van der Waals surface area contributed by atoms with Crippen molar-refractivity contribution < 1.29 is 9.84 Å². The minimum absolute atomic E-state index is 0.252. The predicted molar refractivity (Wildman–Crippen MR) is 107 cm³/mol. The van der Waals surface area contributed by atoms with Crippen LogP contribution < -0.4 is 0 Å². The maximum absolute atomic E-state index is 9.33. The summed E-state index contributed by atoms with van der Waals surface area (Å²) in [5, 5.41) is 9.33. The quantitative estimate of drug-likeness (QED) is 0.531. The molecule has 0 aliphatic heterocycles. The topological polar surface area (TPSA) is 55.2 Å². The van der Waals surface area contributed by atoms with Gasteiger partial charge in [0.2, 0.25) is 0 Å². The molecule has 1 aromatic heterocycles. The van der Waals surface area contributed by atoms with Gasteiger partial charge in [-0.1, -0.05) is 25.8 Å². The van der Waals surface area contributed by atoms with Gasteiger partial charge >= 0.3 is 0 Å². The summed E-state index contributed by atoms with van der Waals surface area (Å²) in [5.74, 6) is 0.252. The minimum Gasteiger partial charge on any atom is -0.508 e. The Labute approximate surface area is 157 Å². The molecule has 140 valence electrons. The summed E-state index contributed by atoms with van der Waals surface area (Å²) >= 11 is 0. The van der Waals surface area contributed by atoms with E-state index in [9.17, 15) is 5.11 Å². The van der Waals surface area contributed by atoms with Gasteiger partial charge in [-0.2, -0.15) is 0 Å². The number of ether oxygens (including phenoxy) is 1. The van der Waals surface area contributed by atoms with Crippen molar-refractivity contribution in [2.24, 2.45) is 0 Å². The molecule has 0 aliphatic carbocycles. The number of hydrogen-bond donors (Lipinski definition) is 1. The SMILES string of the molecule is CCCCCOC(C)CCC/C=C/c1cnc(-c2ccc(O)cc2)cn1. The van der Waals surface area contributed by atoms with Crippen LogP contribution in [0.1, 0.15) is 58.1 Å². The fraction of sp³-hybridized carbons (Fsp3) is 0.455. The molecule has 1 N–H and O–H groups in total. The Morgan fingerprint density at radius 1 is 1.08 bits per heavy atom. The molecule has 4 heteroatoms. The number of benzene rings is 1. The molecule has 0 fully saturated rings. The number of phenols is 1. The van der Waals surface area contributed by atoms with E-state index in [1.165, 1.54) is 19.3 Å². The molecule has 26 heavy (non-hydrogen) atoms. The van der Waals surface area contributed by atoms with E-state index >= 15 is 0 Å². The summed E-state index contributed by atoms with van der Waals surface area (Å²) in [7, 11) is 0. The van der Waals surface area contributed by atoms with Crippen LogP contribution in [0.15, 0.2) is 42.7 Å². The number of aromatic nitrogens is 2. The molecule has 4 nitrogen and oxygen atoms in total. The molecule has 1 aromatic carbocycles. The Kier molecular flexibility index (Phi) is 8.84. The molecule has 1 heterocycles. The van der Waals surface area contributed by atoms with Gasteiger partial charge in [-0.15, -0.1) is 0 Å². The van der Waals surface area contributed by atoms with E-state index in [1.807, 2.05) is 18.2 Å². The van der Waals surface area contributed by atoms with Gasteiger partial charge in [0.1, 0.15) is 5.75 Å². The van der Waals surface area contributed by atoms with Crippen LogP contribution in [-0.4, -0.2) is 27.8 Å². The van der Waals surface area contributed by atoms with Crippen LogP contribution in [0.4, 0.5) is 0 Å². The average molecular weight is 354 g/mol. The van der Waals surface area contributed by atoms with Gasteiger partial charge in [-0.25, -0.2) is 0 Å². The Morgan fingerprint density at radius 2 is 1.88 bits per heavy atom. The normalized spacial score (nSPS) is 12.5. The standard InChI is InChI=1S/C22H30N2O2/c1-3-4-8-15-26-18(2)9-6-5-7-10-20-16-24-22(17-23-20)19-11-13-21(25)14-12-19/h7,10-14,16-18,25H,3-6,8-9,15H2,1-2H3/b10-7+. The number of nitrogens with zero attached hydrogens (tertiary/aromatic N) is 2. The van der Waals surface area contributed by atoms with Crippen molar-refractivity contribution in [3.63, 3.8) is 0 Å². The van der Waals surface area contributed by atoms with E-state index in [0.717, 1.165) is 42.8 Å². The van der Waals surface area contributed by atoms with E-state index in [1.54, 1.807) is 24.5 Å². The van der Waals surface area contributed by atoms with Crippen LogP contribution in [0.3, 0.4) is 0 Å². The first-order valence-corrected chi connectivity index (χ1v) is 9.58. The summed E-state index contributed by atoms with van der Waals surface area (Å²) in [5.41, 5.74) is 2.60. The van der Waals surface area contributed by atoms with Crippen LogP contribution >= 0.6 is 0 Å². The molecular formula is C22H30N2O2. The third-order valence-corrected chi connectivity index (χ3v) is 4.26. The lowest BCUT2D eigenvalue weighted by atomic mass is 10.1. The molecule has 0 radical (unpaired) electrons. The molecule has 0 aliphatic rings. The zero-order valence-electron chi connectivity index (χ0n) is 15.9. The summed E-state index contributed by atoms with van der Waals surface area (Å²) < 4.78 is 5.81. The van der Waals surface area contributed by atoms with Crippen molar-refractivity contribution in [2.45, 2.75) is 58.5 Å². The second kappa shape index (κ2) is 11.4. The maximum atomic E-state index is 9.33. The first-order valence-electron chi connectivity index (χ1n) is 9.58. The van der Waals surface area contributed by atoms with Gasteiger partial charge in [0.25, 0.3) is 0 Å². The maximum Gasteiger partial charge on any atom is 0.115 e. The van der Waals surface area contributed by atoms with E-state index in [0.29, 0.717) is 6.10 Å². The minimum atomic E-state index is 0.252. The molecule has 0 saturated carbocycles. The lowest BCUT2D eigenvalue weighted by molar-refractivity contribution is 0.0566. The van der Waals surface area contributed by atoms with Crippen LogP contribution in [-0.2, 0) is 4.74 Å². The van der Waals surface area contributed by atoms with Crippen molar-refractivity contribution >= 4 is 6.08 Å². The predicted octanol–water partition coefficient (Wildman–Crippen LogP) is 5.63. The number of allylic oxidation sites excluding steroid dienone is 1. The van der Waals surface area contributed by atoms with Crippen molar-refractivity contribution in [1.82, 2.24) is 9.97 Å². The highest BCUT2D eigenvalue weighted by Crippen LogP contribution is 2.19. The van der Waals surface area contributed by atoms with Gasteiger partial charge < -0.3 is 9.84 Å². The van der Waals surface area contributed by atoms with Gasteiger partial charge in [-0.3, -0.25) is 9.97 Å². The second-order valence-electron chi connectivity index (χ2n) is 6.60. The zero-order chi connectivity index (χ0) is 18.6. The molecule has 1 atom stereocenters. The summed E-state index contributed by atoms with van der Waals surface area (Å²) in [6, 6.07) is 6.97. The summed E-state index contributed by atoms with van der Waals surface area (Å²) in [6.45, 7) is 5.25. The third kappa shape index (κ3) is 7.36. The number of aromatic hydroxyl groups is 1. The lowest BCUT2D eigenvalue weighted by Gasteiger charge is -2.11. The third-order valence-electron chi connectivity index (χ3n) is 4.26. The molecule has 0 amide bonds. The molecule has 2 aromatic rings. The molecule has 0 spiro atoms. The Hall–Kier alpha value is -2.20. The monoisotopic (exact) mass is 354 g/mol. The van der Waals surface area contributed by atoms with Crippen molar-refractivity contribution in [1.29, 1.82) is 0 Å². The summed E-state index contributed by atoms with van der Waals surface area (Å²) in [6.07, 6.45) is 14.9. The van der Waals surface area contributed by atoms with Crippen molar-refractivity contribution in [2.75, 3.05) is 6.61 Å². The Balaban J connectivity index is 1.69. The van der Waals surface area contributed by atoms with E-state index < -0.39 is 0 Å². The number of phenolic OH excluding ortho intramolecular Hbond substituents is 1. The van der Waals surface area contributed by atoms with E-state index in [-0.39, 0.29) is 5.75 Å². The zero-order valence-corrected chi connectivity index (χ0v) is 15.9. The Bertz CT molecular complexity index is 651. The van der Waals surface area contributed by atoms with Crippen LogP contribution in [0.2, 0.25) is 0 Å². The highest BCUT2D eigenvalue weighted by atomic mass is 16.5. The molecule has 1 unspecified atom stereocenters. The number of hydrogen-bond acceptors (Lipinski definition) is 4. The molecule has 0 saturated heterocycles. The van der Waals surface area contributed by atoms with Gasteiger partial charge in [0.05, 0.1) is 29.9 Å². The van der Waals surface area contributed by atoms with E-state index in [2.05, 4.69) is 29.9 Å². The first kappa shape index (κ1) is 20.1. The molecule has 2 rings (SSSR count). The number of rotatable bonds is 11. The lowest BCUT2D eigenvalue weighted by Crippen LogP contribution is -2.08. The highest BCUT2D eigenvalue weighted by Gasteiger charge is 2.02. The van der Waals surface area contributed by atoms with Crippen LogP contribution in [0.5, 0.6) is 5.75 Å². The van der Waals surface area contributed by atoms with Crippen molar-refractivity contribution in [3.8, 4) is 17.0 Å².